The minimum Gasteiger partial charge on any atom is -0.458 e. The minimum atomic E-state index is -4.21. The monoisotopic (exact) mass is 645 g/mol. The van der Waals surface area contributed by atoms with Crippen molar-refractivity contribution in [2.75, 3.05) is 25.6 Å². The molecule has 5 rings (SSSR count). The normalized spacial score (nSPS) is 27.5. The molecule has 2 aliphatic rings. The van der Waals surface area contributed by atoms with Gasteiger partial charge in [-0.1, -0.05) is 32.9 Å². The molecule has 2 saturated heterocycles. The number of aliphatic hydroxyl groups excluding tert-OH is 2. The third-order valence-electron chi connectivity index (χ3n) is 7.97. The van der Waals surface area contributed by atoms with Crippen LogP contribution in [0.1, 0.15) is 52.3 Å². The topological polar surface area (TPSA) is 189 Å². The molecule has 45 heavy (non-hydrogen) atoms. The van der Waals surface area contributed by atoms with Gasteiger partial charge < -0.3 is 34.7 Å². The number of aromatic nitrogens is 3. The predicted molar refractivity (Wildman–Crippen MR) is 164 cm³/mol. The Kier molecular flexibility index (Phi) is 9.37. The molecule has 3 aromatic rings. The van der Waals surface area contributed by atoms with E-state index in [1.807, 2.05) is 12.1 Å². The number of aliphatic hydroxyl groups is 2. The number of nitrogens with zero attached hydrogens (tertiary/aromatic N) is 4. The number of benzene rings is 1. The van der Waals surface area contributed by atoms with E-state index in [1.54, 1.807) is 31.2 Å². The molecule has 2 aliphatic heterocycles. The average molecular weight is 646 g/mol. The van der Waals surface area contributed by atoms with E-state index in [-0.39, 0.29) is 23.1 Å². The van der Waals surface area contributed by atoms with Crippen molar-refractivity contribution in [1.82, 2.24) is 14.6 Å². The van der Waals surface area contributed by atoms with Gasteiger partial charge in [-0.05, 0) is 49.1 Å². The summed E-state index contributed by atoms with van der Waals surface area (Å²) in [5.41, 5.74) is 6.35. The molecule has 2 aromatic heterocycles. The van der Waals surface area contributed by atoms with E-state index >= 15 is 0 Å². The van der Waals surface area contributed by atoms with Crippen LogP contribution in [0.2, 0.25) is 0 Å². The van der Waals surface area contributed by atoms with Crippen molar-refractivity contribution in [3.8, 4) is 5.75 Å². The molecule has 2 fully saturated rings. The van der Waals surface area contributed by atoms with Gasteiger partial charge in [0.1, 0.15) is 59.6 Å². The highest BCUT2D eigenvalue weighted by Crippen LogP contribution is 2.48. The zero-order valence-electron chi connectivity index (χ0n) is 25.9. The minimum absolute atomic E-state index is 0.118. The summed E-state index contributed by atoms with van der Waals surface area (Å²) in [6.07, 6.45) is -2.48. The summed E-state index contributed by atoms with van der Waals surface area (Å²) in [5, 5.41) is 26.3. The molecule has 0 saturated carbocycles. The Hall–Kier alpha value is -3.39. The van der Waals surface area contributed by atoms with Gasteiger partial charge in [0.25, 0.3) is 0 Å². The third kappa shape index (κ3) is 7.06. The summed E-state index contributed by atoms with van der Waals surface area (Å²) < 4.78 is 44.0. The quantitative estimate of drug-likeness (QED) is 0.166. The van der Waals surface area contributed by atoms with Crippen molar-refractivity contribution in [2.24, 2.45) is 4.99 Å². The van der Waals surface area contributed by atoms with Crippen molar-refractivity contribution in [3.63, 3.8) is 0 Å². The molecule has 1 aromatic carbocycles. The SMILES string of the molecule is C[C@H](N=CP(=O)(OC[C@H]1O[C@@](C)(c2ccc3c(N)ncnn23)[C@H](O)[C@@H]1O)Oc1ccc(C(C)(C)C)cc1)C(=O)O[C@H]1CCOC1. The fraction of sp³-hybridized carbons (Fsp3) is 0.533. The van der Waals surface area contributed by atoms with Gasteiger partial charge in [-0.25, -0.2) is 18.9 Å². The van der Waals surface area contributed by atoms with Gasteiger partial charge in [0.05, 0.1) is 25.5 Å². The van der Waals surface area contributed by atoms with Gasteiger partial charge in [0.15, 0.2) is 5.82 Å². The maximum absolute atomic E-state index is 14.1. The Morgan fingerprint density at radius 2 is 2.00 bits per heavy atom. The number of anilines is 1. The fourth-order valence-electron chi connectivity index (χ4n) is 5.19. The van der Waals surface area contributed by atoms with Crippen molar-refractivity contribution < 1.29 is 42.8 Å². The van der Waals surface area contributed by atoms with E-state index in [2.05, 4.69) is 35.8 Å². The summed E-state index contributed by atoms with van der Waals surface area (Å²) >= 11 is 0. The van der Waals surface area contributed by atoms with E-state index in [9.17, 15) is 19.6 Å². The average Bonchev–Trinajstić information content (AvgIpc) is 3.72. The van der Waals surface area contributed by atoms with Gasteiger partial charge in [0, 0.05) is 6.42 Å². The Balaban J connectivity index is 1.35. The zero-order chi connectivity index (χ0) is 32.6. The van der Waals surface area contributed by atoms with Crippen LogP contribution in [0.3, 0.4) is 0 Å². The molecule has 7 atom stereocenters. The first kappa shape index (κ1) is 33.0. The number of aliphatic imine (C=N–C) groups is 1. The van der Waals surface area contributed by atoms with Crippen LogP contribution < -0.4 is 10.3 Å². The molecule has 14 nitrogen and oxygen atoms in total. The van der Waals surface area contributed by atoms with Crippen LogP contribution >= 0.6 is 7.60 Å². The second kappa shape index (κ2) is 12.8. The molecular weight excluding hydrogens is 605 g/mol. The molecule has 0 spiro atoms. The summed E-state index contributed by atoms with van der Waals surface area (Å²) in [6.45, 7) is 9.66. The Labute approximate surface area is 261 Å². The summed E-state index contributed by atoms with van der Waals surface area (Å²) in [7, 11) is -4.21. The molecule has 0 aliphatic carbocycles. The number of nitrogen functional groups attached to an aromatic ring is 1. The molecule has 0 amide bonds. The lowest BCUT2D eigenvalue weighted by molar-refractivity contribution is -0.150. The first-order chi connectivity index (χ1) is 21.2. The third-order valence-corrected chi connectivity index (χ3v) is 9.36. The Bertz CT molecular complexity index is 1580. The lowest BCUT2D eigenvalue weighted by atomic mass is 9.87. The smallest absolute Gasteiger partial charge is 0.421 e. The van der Waals surface area contributed by atoms with Gasteiger partial charge in [-0.2, -0.15) is 5.10 Å². The molecular formula is C30H40N5O9P. The van der Waals surface area contributed by atoms with Crippen LogP contribution in [0.4, 0.5) is 5.82 Å². The number of carbonyl (C=O) groups excluding carboxylic acids is 1. The molecule has 0 radical (unpaired) electrons. The van der Waals surface area contributed by atoms with E-state index in [1.165, 1.54) is 17.8 Å². The summed E-state index contributed by atoms with van der Waals surface area (Å²) in [4.78, 5) is 20.7. The summed E-state index contributed by atoms with van der Waals surface area (Å²) in [6, 6.07) is 9.36. The number of hydrogen-bond donors (Lipinski definition) is 3. The van der Waals surface area contributed by atoms with Crippen LogP contribution in [0.25, 0.3) is 5.52 Å². The summed E-state index contributed by atoms with van der Waals surface area (Å²) in [5.74, 6) is 0.820. The van der Waals surface area contributed by atoms with Gasteiger partial charge >= 0.3 is 13.6 Å². The van der Waals surface area contributed by atoms with Gasteiger partial charge in [-0.15, -0.1) is 0 Å². The van der Waals surface area contributed by atoms with Crippen LogP contribution in [0.15, 0.2) is 47.7 Å². The number of carbonyl (C=O) groups is 1. The second-order valence-corrected chi connectivity index (χ2v) is 14.2. The standard InChI is InChI=1S/C30H40N5O9P/c1-18(28(38)42-21-12-13-40-14-21)33-17-45(39,44-20-8-6-19(7-9-20)29(2,3)4)41-15-23-25(36)26(37)30(5,43-23)24-11-10-22-27(31)32-16-34-35(22)24/h6-11,16-18,21,23,25-26,36-37H,12-15H2,1-5H3,(H2,31,32,34)/t18-,21-,23+,25+,26+,30-,45?/m0/s1. The van der Waals surface area contributed by atoms with Crippen LogP contribution in [-0.4, -0.2) is 87.0 Å². The number of rotatable bonds is 10. The largest absolute Gasteiger partial charge is 0.458 e. The zero-order valence-corrected chi connectivity index (χ0v) is 26.8. The molecule has 4 N–H and O–H groups in total. The molecule has 244 valence electrons. The van der Waals surface area contributed by atoms with Gasteiger partial charge in [-0.3, -0.25) is 9.52 Å². The molecule has 15 heteroatoms. The van der Waals surface area contributed by atoms with E-state index in [0.29, 0.717) is 30.8 Å². The van der Waals surface area contributed by atoms with Crippen molar-refractivity contribution in [1.29, 1.82) is 0 Å². The Morgan fingerprint density at radius 3 is 2.67 bits per heavy atom. The lowest BCUT2D eigenvalue weighted by Gasteiger charge is -2.27. The van der Waals surface area contributed by atoms with Crippen LogP contribution in [0.5, 0.6) is 5.75 Å². The number of ether oxygens (including phenoxy) is 3. The number of fused-ring (bicyclic) bond motifs is 1. The number of nitrogens with two attached hydrogens (primary N) is 1. The molecule has 1 unspecified atom stereocenters. The van der Waals surface area contributed by atoms with Crippen LogP contribution in [-0.2, 0) is 39.1 Å². The second-order valence-electron chi connectivity index (χ2n) is 12.4. The van der Waals surface area contributed by atoms with E-state index < -0.39 is 50.1 Å². The van der Waals surface area contributed by atoms with E-state index in [4.69, 9.17) is 29.0 Å². The highest BCUT2D eigenvalue weighted by molar-refractivity contribution is 7.70. The van der Waals surface area contributed by atoms with Crippen molar-refractivity contribution in [3.05, 3.63) is 54.0 Å². The number of esters is 1. The highest BCUT2D eigenvalue weighted by atomic mass is 31.2. The fourth-order valence-corrected chi connectivity index (χ4v) is 6.49. The maximum atomic E-state index is 14.1. The lowest BCUT2D eigenvalue weighted by Crippen LogP contribution is -2.39. The van der Waals surface area contributed by atoms with Crippen molar-refractivity contribution in [2.45, 2.75) is 82.5 Å². The number of hydrogen-bond acceptors (Lipinski definition) is 13. The molecule has 4 heterocycles. The van der Waals surface area contributed by atoms with E-state index in [0.717, 1.165) is 11.5 Å². The first-order valence-electron chi connectivity index (χ1n) is 14.7. The predicted octanol–water partition coefficient (Wildman–Crippen LogP) is 2.98. The Morgan fingerprint density at radius 1 is 1.27 bits per heavy atom. The van der Waals surface area contributed by atoms with Gasteiger partial charge in [0.2, 0.25) is 0 Å². The highest BCUT2D eigenvalue weighted by Gasteiger charge is 2.54. The van der Waals surface area contributed by atoms with Crippen LogP contribution in [0, 0.1) is 0 Å². The first-order valence-corrected chi connectivity index (χ1v) is 16.3. The van der Waals surface area contributed by atoms with Crippen molar-refractivity contribution >= 4 is 30.9 Å². The maximum Gasteiger partial charge on any atom is 0.421 e. The molecule has 0 bridgehead atoms.